The van der Waals surface area contributed by atoms with Gasteiger partial charge in [-0.3, -0.25) is 4.57 Å². The summed E-state index contributed by atoms with van der Waals surface area (Å²) >= 11 is 0. The second-order valence-electron chi connectivity index (χ2n) is 11.6. The van der Waals surface area contributed by atoms with E-state index in [1.807, 2.05) is 12.1 Å². The molecule has 0 spiro atoms. The summed E-state index contributed by atoms with van der Waals surface area (Å²) < 4.78 is 10.8. The second kappa shape index (κ2) is 9.18. The molecule has 0 atom stereocenters. The predicted octanol–water partition coefficient (Wildman–Crippen LogP) is 10.8. The molecule has 0 aliphatic carbocycles. The summed E-state index contributed by atoms with van der Waals surface area (Å²) in [6.07, 6.45) is 0. The average Bonchev–Trinajstić information content (AvgIpc) is 3.76. The van der Waals surface area contributed by atoms with Crippen molar-refractivity contribution in [1.82, 2.24) is 14.1 Å². The van der Waals surface area contributed by atoms with Gasteiger partial charge in [0, 0.05) is 43.6 Å². The minimum Gasteiger partial charge on any atom is -0.456 e. The molecule has 0 unspecified atom stereocenters. The Bertz CT molecular complexity index is 2760. The van der Waals surface area contributed by atoms with Crippen molar-refractivity contribution in [3.63, 3.8) is 0 Å². The van der Waals surface area contributed by atoms with Crippen molar-refractivity contribution in [1.29, 1.82) is 0 Å². The Morgan fingerprint density at radius 3 is 2.02 bits per heavy atom. The largest absolute Gasteiger partial charge is 0.456 e. The van der Waals surface area contributed by atoms with Crippen molar-refractivity contribution < 1.29 is 4.42 Å². The smallest absolute Gasteiger partial charge is 0.138 e. The molecule has 210 valence electrons. The van der Waals surface area contributed by atoms with E-state index in [0.717, 1.165) is 50.2 Å². The molecule has 4 nitrogen and oxygen atoms in total. The zero-order valence-corrected chi connectivity index (χ0v) is 24.2. The van der Waals surface area contributed by atoms with E-state index in [1.54, 1.807) is 0 Å². The lowest BCUT2D eigenvalue weighted by atomic mass is 10.1. The molecule has 0 bridgehead atoms. The van der Waals surface area contributed by atoms with Crippen LogP contribution in [-0.4, -0.2) is 14.1 Å². The van der Waals surface area contributed by atoms with Gasteiger partial charge in [0.2, 0.25) is 0 Å². The average molecular weight is 576 g/mol. The number of nitrogens with zero attached hydrogens (tertiary/aromatic N) is 3. The number of aromatic nitrogens is 3. The van der Waals surface area contributed by atoms with Gasteiger partial charge in [0.05, 0.1) is 27.8 Å². The van der Waals surface area contributed by atoms with Crippen LogP contribution in [0.25, 0.3) is 88.3 Å². The second-order valence-corrected chi connectivity index (χ2v) is 11.6. The van der Waals surface area contributed by atoms with E-state index in [9.17, 15) is 0 Å². The van der Waals surface area contributed by atoms with Crippen molar-refractivity contribution in [2.45, 2.75) is 0 Å². The summed E-state index contributed by atoms with van der Waals surface area (Å²) in [5.41, 5.74) is 9.57. The van der Waals surface area contributed by atoms with Crippen molar-refractivity contribution in [3.8, 4) is 22.8 Å². The van der Waals surface area contributed by atoms with Crippen LogP contribution in [0.4, 0.5) is 0 Å². The Hall–Kier alpha value is -6.13. The van der Waals surface area contributed by atoms with Crippen LogP contribution in [0.2, 0.25) is 0 Å². The third kappa shape index (κ3) is 3.45. The predicted molar refractivity (Wildman–Crippen MR) is 186 cm³/mol. The van der Waals surface area contributed by atoms with Crippen LogP contribution in [0.5, 0.6) is 0 Å². The summed E-state index contributed by atoms with van der Waals surface area (Å²) in [5, 5.41) is 7.09. The highest BCUT2D eigenvalue weighted by atomic mass is 16.3. The van der Waals surface area contributed by atoms with E-state index in [1.165, 1.54) is 38.1 Å². The van der Waals surface area contributed by atoms with E-state index < -0.39 is 0 Å². The lowest BCUT2D eigenvalue weighted by molar-refractivity contribution is 0.669. The topological polar surface area (TPSA) is 35.9 Å². The van der Waals surface area contributed by atoms with E-state index in [2.05, 4.69) is 149 Å². The molecule has 0 aliphatic rings. The zero-order chi connectivity index (χ0) is 29.5. The van der Waals surface area contributed by atoms with E-state index >= 15 is 0 Å². The van der Waals surface area contributed by atoms with E-state index in [-0.39, 0.29) is 0 Å². The summed E-state index contributed by atoms with van der Waals surface area (Å²) in [4.78, 5) is 5.33. The lowest BCUT2D eigenvalue weighted by Crippen LogP contribution is -1.99. The Labute approximate surface area is 258 Å². The molecule has 0 saturated carbocycles. The van der Waals surface area contributed by atoms with Gasteiger partial charge in [-0.05, 0) is 66.7 Å². The number of para-hydroxylation sites is 4. The maximum Gasteiger partial charge on any atom is 0.138 e. The number of rotatable bonds is 3. The maximum atomic E-state index is 6.11. The normalized spacial score (nSPS) is 12.0. The molecule has 0 amide bonds. The lowest BCUT2D eigenvalue weighted by Gasteiger charge is -2.11. The van der Waals surface area contributed by atoms with E-state index in [4.69, 9.17) is 9.40 Å². The van der Waals surface area contributed by atoms with Crippen LogP contribution < -0.4 is 0 Å². The Kier molecular flexibility index (Phi) is 4.96. The molecule has 4 heterocycles. The molecule has 10 rings (SSSR count). The highest BCUT2D eigenvalue weighted by molar-refractivity contribution is 6.26. The van der Waals surface area contributed by atoms with Crippen LogP contribution in [0.15, 0.2) is 156 Å². The molecule has 6 aromatic carbocycles. The van der Waals surface area contributed by atoms with Gasteiger partial charge in [0.15, 0.2) is 0 Å². The fourth-order valence-electron chi connectivity index (χ4n) is 7.20. The van der Waals surface area contributed by atoms with Gasteiger partial charge < -0.3 is 8.98 Å². The highest BCUT2D eigenvalue weighted by Gasteiger charge is 2.21. The summed E-state index contributed by atoms with van der Waals surface area (Å²) in [6, 6.07) is 53.5. The summed E-state index contributed by atoms with van der Waals surface area (Å²) in [6.45, 7) is 0. The molecule has 4 heteroatoms. The number of fused-ring (bicyclic) bond motifs is 10. The number of hydrogen-bond donors (Lipinski definition) is 0. The summed E-state index contributed by atoms with van der Waals surface area (Å²) in [7, 11) is 0. The molecule has 4 aromatic heterocycles. The number of benzene rings is 6. The van der Waals surface area contributed by atoms with Crippen LogP contribution in [0.1, 0.15) is 0 Å². The molecular weight excluding hydrogens is 550 g/mol. The number of pyridine rings is 1. The Balaban J connectivity index is 1.28. The van der Waals surface area contributed by atoms with Crippen molar-refractivity contribution in [2.75, 3.05) is 0 Å². The number of furan rings is 1. The van der Waals surface area contributed by atoms with Crippen molar-refractivity contribution in [2.24, 2.45) is 0 Å². The first-order chi connectivity index (χ1) is 22.3. The molecule has 45 heavy (non-hydrogen) atoms. The van der Waals surface area contributed by atoms with Gasteiger partial charge in [-0.15, -0.1) is 0 Å². The van der Waals surface area contributed by atoms with Gasteiger partial charge in [0.25, 0.3) is 0 Å². The first kappa shape index (κ1) is 24.3. The van der Waals surface area contributed by atoms with Gasteiger partial charge in [0.1, 0.15) is 17.0 Å². The van der Waals surface area contributed by atoms with Crippen LogP contribution >= 0.6 is 0 Å². The molecule has 0 fully saturated rings. The monoisotopic (exact) mass is 575 g/mol. The fourth-order valence-corrected chi connectivity index (χ4v) is 7.20. The molecule has 0 saturated heterocycles. The Morgan fingerprint density at radius 1 is 0.444 bits per heavy atom. The Morgan fingerprint density at radius 2 is 1.16 bits per heavy atom. The molecular formula is C41H25N3O. The minimum absolute atomic E-state index is 0.885. The van der Waals surface area contributed by atoms with E-state index in [0.29, 0.717) is 0 Å². The van der Waals surface area contributed by atoms with Crippen LogP contribution in [0, 0.1) is 0 Å². The number of hydrogen-bond acceptors (Lipinski definition) is 2. The highest BCUT2D eigenvalue weighted by Crippen LogP contribution is 2.42. The van der Waals surface area contributed by atoms with Crippen LogP contribution in [-0.2, 0) is 0 Å². The van der Waals surface area contributed by atoms with Crippen LogP contribution in [0.3, 0.4) is 0 Å². The SMILES string of the molecule is c1ccc(-n2c3ccccc3c3c2ccc2c4ccccc4n(-c4cccc(-c5ccc6oc7ccccc7c6c5)n4)c23)cc1. The van der Waals surface area contributed by atoms with Crippen molar-refractivity contribution >= 4 is 65.6 Å². The first-order valence-electron chi connectivity index (χ1n) is 15.2. The quantitative estimate of drug-likeness (QED) is 0.210. The van der Waals surface area contributed by atoms with Crippen molar-refractivity contribution in [3.05, 3.63) is 152 Å². The van der Waals surface area contributed by atoms with Gasteiger partial charge >= 0.3 is 0 Å². The van der Waals surface area contributed by atoms with Gasteiger partial charge in [-0.1, -0.05) is 84.9 Å². The minimum atomic E-state index is 0.885. The van der Waals surface area contributed by atoms with Gasteiger partial charge in [-0.25, -0.2) is 4.98 Å². The molecule has 10 aromatic rings. The van der Waals surface area contributed by atoms with Gasteiger partial charge in [-0.2, -0.15) is 0 Å². The fraction of sp³-hybridized carbons (Fsp3) is 0. The molecule has 0 aliphatic heterocycles. The first-order valence-corrected chi connectivity index (χ1v) is 15.2. The maximum absolute atomic E-state index is 6.11. The third-order valence-corrected chi connectivity index (χ3v) is 9.12. The molecule has 0 N–H and O–H groups in total. The summed E-state index contributed by atoms with van der Waals surface area (Å²) in [5.74, 6) is 0.889. The zero-order valence-electron chi connectivity index (χ0n) is 24.2. The third-order valence-electron chi connectivity index (χ3n) is 9.12. The standard InChI is InChI=1S/C41H25N3O/c1-2-11-27(12-3-1)43-35-18-8-5-15-31(35)40-36(43)23-22-30-28-13-4-7-17-34(28)44(41(30)40)39-20-10-16-33(42-39)26-21-24-38-32(25-26)29-14-6-9-19-37(29)45-38/h1-25H. The molecule has 0 radical (unpaired) electrons.